The van der Waals surface area contributed by atoms with Gasteiger partial charge in [0.2, 0.25) is 0 Å². The maximum Gasteiger partial charge on any atom is 0.153 e. The largest absolute Gasteiger partial charge is 0.454 e. The van der Waals surface area contributed by atoms with E-state index < -0.39 is 0 Å². The Morgan fingerprint density at radius 3 is 1.78 bits per heavy atom. The first kappa shape index (κ1) is 35.2. The number of aromatic nitrogens is 4. The Morgan fingerprint density at radius 2 is 0.952 bits per heavy atom. The number of fused-ring (bicyclic) bond motifs is 9. The predicted molar refractivity (Wildman–Crippen MR) is 260 cm³/mol. The van der Waals surface area contributed by atoms with Gasteiger partial charge in [-0.25, -0.2) is 4.98 Å². The topological polar surface area (TPSA) is 48.8 Å². The van der Waals surface area contributed by atoms with Crippen molar-refractivity contribution in [1.82, 2.24) is 19.1 Å². The van der Waals surface area contributed by atoms with E-state index in [1.54, 1.807) is 0 Å². The first-order chi connectivity index (χ1) is 31.2. The first-order valence-corrected chi connectivity index (χ1v) is 21.3. The molecule has 5 heteroatoms. The number of hydrogen-bond donors (Lipinski definition) is 0. The van der Waals surface area contributed by atoms with Gasteiger partial charge in [-0.15, -0.1) is 0 Å². The lowest BCUT2D eigenvalue weighted by molar-refractivity contribution is 0.668. The van der Waals surface area contributed by atoms with Crippen LogP contribution in [0, 0.1) is 0 Å². The molecule has 0 bridgehead atoms. The second kappa shape index (κ2) is 14.0. The van der Waals surface area contributed by atoms with Crippen molar-refractivity contribution < 1.29 is 4.42 Å². The molecular weight excluding hydrogens is 769 g/mol. The third-order valence-electron chi connectivity index (χ3n) is 12.6. The standard InChI is InChI=1S/C58H36N4O/c1-3-13-37(14-4-1)43-34-50(38-15-5-2-6-16-38)60-57(36-43)62-52-22-10-8-20-46(52)48-32-40(25-28-53(48)62)42-24-27-47-45-19-7-9-21-51(45)61(54(47)35-42)44-18-11-17-39(31-44)41-26-29-55-49(33-41)58-56(63-55)23-12-30-59-58/h1-36H. The van der Waals surface area contributed by atoms with Crippen molar-refractivity contribution in [2.75, 3.05) is 0 Å². The molecule has 63 heavy (non-hydrogen) atoms. The Kier molecular flexibility index (Phi) is 7.84. The number of para-hydroxylation sites is 2. The number of pyridine rings is 2. The summed E-state index contributed by atoms with van der Waals surface area (Å²) in [5, 5.41) is 5.83. The average molecular weight is 805 g/mol. The van der Waals surface area contributed by atoms with Crippen molar-refractivity contribution in [3.8, 4) is 56.1 Å². The quantitative estimate of drug-likeness (QED) is 0.168. The molecule has 0 aliphatic rings. The summed E-state index contributed by atoms with van der Waals surface area (Å²) in [6, 6.07) is 75.8. The van der Waals surface area contributed by atoms with E-state index in [0.717, 1.165) is 94.8 Å². The lowest BCUT2D eigenvalue weighted by atomic mass is 10.0. The molecule has 0 spiro atoms. The molecule has 5 nitrogen and oxygen atoms in total. The van der Waals surface area contributed by atoms with Gasteiger partial charge < -0.3 is 8.98 Å². The lowest BCUT2D eigenvalue weighted by Crippen LogP contribution is -2.00. The maximum atomic E-state index is 6.10. The molecule has 0 fully saturated rings. The number of nitrogens with zero attached hydrogens (tertiary/aromatic N) is 4. The summed E-state index contributed by atoms with van der Waals surface area (Å²) >= 11 is 0. The summed E-state index contributed by atoms with van der Waals surface area (Å²) < 4.78 is 10.8. The number of furan rings is 1. The van der Waals surface area contributed by atoms with Crippen LogP contribution in [-0.2, 0) is 0 Å². The van der Waals surface area contributed by atoms with Crippen LogP contribution in [0.3, 0.4) is 0 Å². The zero-order chi connectivity index (χ0) is 41.4. The normalized spacial score (nSPS) is 11.8. The fourth-order valence-corrected chi connectivity index (χ4v) is 9.61. The van der Waals surface area contributed by atoms with Gasteiger partial charge in [-0.2, -0.15) is 0 Å². The minimum Gasteiger partial charge on any atom is -0.454 e. The molecule has 13 rings (SSSR count). The fourth-order valence-electron chi connectivity index (χ4n) is 9.61. The van der Waals surface area contributed by atoms with Crippen molar-refractivity contribution >= 4 is 65.7 Å². The summed E-state index contributed by atoms with van der Waals surface area (Å²) in [6.45, 7) is 0. The molecule has 0 saturated heterocycles. The third kappa shape index (κ3) is 5.71. The molecule has 0 radical (unpaired) electrons. The van der Waals surface area contributed by atoms with E-state index in [4.69, 9.17) is 9.40 Å². The first-order valence-electron chi connectivity index (χ1n) is 21.3. The van der Waals surface area contributed by atoms with Crippen LogP contribution < -0.4 is 0 Å². The highest BCUT2D eigenvalue weighted by Gasteiger charge is 2.19. The van der Waals surface area contributed by atoms with Crippen molar-refractivity contribution in [3.63, 3.8) is 0 Å². The Hall–Kier alpha value is -8.54. The number of rotatable bonds is 6. The minimum atomic E-state index is 0.799. The van der Waals surface area contributed by atoms with Crippen LogP contribution in [0.5, 0.6) is 0 Å². The van der Waals surface area contributed by atoms with Gasteiger partial charge in [0.25, 0.3) is 0 Å². The Balaban J connectivity index is 0.961. The molecule has 0 aliphatic heterocycles. The number of hydrogen-bond acceptors (Lipinski definition) is 3. The van der Waals surface area contributed by atoms with Crippen molar-refractivity contribution in [2.24, 2.45) is 0 Å². The van der Waals surface area contributed by atoms with Gasteiger partial charge in [-0.1, -0.05) is 133 Å². The van der Waals surface area contributed by atoms with E-state index in [2.05, 4.69) is 214 Å². The molecule has 0 N–H and O–H groups in total. The van der Waals surface area contributed by atoms with Crippen LogP contribution in [0.25, 0.3) is 122 Å². The zero-order valence-corrected chi connectivity index (χ0v) is 34.0. The second-order valence-corrected chi connectivity index (χ2v) is 16.2. The zero-order valence-electron chi connectivity index (χ0n) is 34.0. The molecule has 5 heterocycles. The molecule has 13 aromatic rings. The monoisotopic (exact) mass is 804 g/mol. The summed E-state index contributed by atoms with van der Waals surface area (Å²) in [5.41, 5.74) is 17.0. The van der Waals surface area contributed by atoms with Crippen LogP contribution in [0.4, 0.5) is 0 Å². The highest BCUT2D eigenvalue weighted by Crippen LogP contribution is 2.40. The molecule has 0 saturated carbocycles. The summed E-state index contributed by atoms with van der Waals surface area (Å²) in [6.07, 6.45) is 1.82. The molecule has 0 aliphatic carbocycles. The van der Waals surface area contributed by atoms with E-state index in [-0.39, 0.29) is 0 Å². The predicted octanol–water partition coefficient (Wildman–Crippen LogP) is 15.2. The van der Waals surface area contributed by atoms with Gasteiger partial charge in [0.15, 0.2) is 5.58 Å². The minimum absolute atomic E-state index is 0.799. The van der Waals surface area contributed by atoms with E-state index in [1.807, 2.05) is 18.3 Å². The van der Waals surface area contributed by atoms with Gasteiger partial charge in [-0.3, -0.25) is 9.55 Å². The lowest BCUT2D eigenvalue weighted by Gasteiger charge is -2.13. The summed E-state index contributed by atoms with van der Waals surface area (Å²) in [7, 11) is 0. The highest BCUT2D eigenvalue weighted by molar-refractivity contribution is 6.12. The van der Waals surface area contributed by atoms with Crippen LogP contribution in [0.1, 0.15) is 0 Å². The fraction of sp³-hybridized carbons (Fsp3) is 0. The smallest absolute Gasteiger partial charge is 0.153 e. The SMILES string of the molecule is c1ccc(-c2cc(-c3ccccc3)nc(-n3c4ccccc4c4cc(-c5ccc6c7ccccc7n(-c7cccc(-c8ccc9oc%10cccnc%10c9c8)c7)c6c5)ccc43)c2)cc1. The van der Waals surface area contributed by atoms with E-state index >= 15 is 0 Å². The van der Waals surface area contributed by atoms with E-state index in [9.17, 15) is 0 Å². The molecule has 5 aromatic heterocycles. The average Bonchev–Trinajstić information content (AvgIpc) is 4.01. The molecule has 0 amide bonds. The Morgan fingerprint density at radius 1 is 0.333 bits per heavy atom. The van der Waals surface area contributed by atoms with Crippen LogP contribution in [0.2, 0.25) is 0 Å². The molecule has 294 valence electrons. The Labute approximate surface area is 362 Å². The van der Waals surface area contributed by atoms with Gasteiger partial charge in [0.1, 0.15) is 16.9 Å². The molecule has 8 aromatic carbocycles. The van der Waals surface area contributed by atoms with Crippen LogP contribution in [-0.4, -0.2) is 19.1 Å². The Bertz CT molecular complexity index is 3860. The van der Waals surface area contributed by atoms with Crippen molar-refractivity contribution in [3.05, 3.63) is 219 Å². The van der Waals surface area contributed by atoms with Crippen molar-refractivity contribution in [2.45, 2.75) is 0 Å². The number of benzene rings is 8. The summed E-state index contributed by atoms with van der Waals surface area (Å²) in [4.78, 5) is 9.98. The van der Waals surface area contributed by atoms with Crippen LogP contribution >= 0.6 is 0 Å². The van der Waals surface area contributed by atoms with Gasteiger partial charge in [0, 0.05) is 44.4 Å². The molecular formula is C58H36N4O. The van der Waals surface area contributed by atoms with E-state index in [1.165, 1.54) is 27.1 Å². The molecule has 0 atom stereocenters. The third-order valence-corrected chi connectivity index (χ3v) is 12.6. The van der Waals surface area contributed by atoms with Gasteiger partial charge in [0.05, 0.1) is 27.8 Å². The van der Waals surface area contributed by atoms with Crippen LogP contribution in [0.15, 0.2) is 223 Å². The molecule has 0 unspecified atom stereocenters. The highest BCUT2D eigenvalue weighted by atomic mass is 16.3. The second-order valence-electron chi connectivity index (χ2n) is 16.2. The van der Waals surface area contributed by atoms with Crippen molar-refractivity contribution in [1.29, 1.82) is 0 Å². The summed E-state index contributed by atoms with van der Waals surface area (Å²) in [5.74, 6) is 0.886. The van der Waals surface area contributed by atoms with E-state index in [0.29, 0.717) is 0 Å². The van der Waals surface area contributed by atoms with Gasteiger partial charge in [-0.05, 0) is 112 Å². The van der Waals surface area contributed by atoms with Gasteiger partial charge >= 0.3 is 0 Å². The maximum absolute atomic E-state index is 6.10.